The highest BCUT2D eigenvalue weighted by molar-refractivity contribution is 6.15. The molecular weight excluding hydrogens is 917 g/mol. The van der Waals surface area contributed by atoms with Crippen LogP contribution in [0.3, 0.4) is 0 Å². The van der Waals surface area contributed by atoms with Gasteiger partial charge in [-0.15, -0.1) is 0 Å². The first-order valence-corrected chi connectivity index (χ1v) is 25.2. The fourth-order valence-electron chi connectivity index (χ4n) is 11.0. The van der Waals surface area contributed by atoms with E-state index in [9.17, 15) is 0 Å². The molecule has 75 heavy (non-hydrogen) atoms. The van der Waals surface area contributed by atoms with Crippen molar-refractivity contribution in [1.82, 2.24) is 19.5 Å². The van der Waals surface area contributed by atoms with E-state index in [4.69, 9.17) is 23.8 Å². The molecule has 0 bridgehead atoms. The van der Waals surface area contributed by atoms with E-state index in [0.717, 1.165) is 111 Å². The minimum absolute atomic E-state index is 0.565. The molecule has 4 aromatic heterocycles. The molecule has 350 valence electrons. The molecule has 6 heteroatoms. The first-order valence-electron chi connectivity index (χ1n) is 25.2. The van der Waals surface area contributed by atoms with Gasteiger partial charge in [0, 0.05) is 49.0 Å². The van der Waals surface area contributed by atoms with Gasteiger partial charge in [-0.2, -0.15) is 0 Å². The van der Waals surface area contributed by atoms with Gasteiger partial charge in [0.15, 0.2) is 23.1 Å². The van der Waals surface area contributed by atoms with E-state index in [1.54, 1.807) is 0 Å². The number of furan rings is 2. The van der Waals surface area contributed by atoms with Gasteiger partial charge in [0.2, 0.25) is 0 Å². The summed E-state index contributed by atoms with van der Waals surface area (Å²) < 4.78 is 15.9. The molecule has 15 rings (SSSR count). The van der Waals surface area contributed by atoms with E-state index < -0.39 is 0 Å². The standard InChI is InChI=1S/C69H42N4O2/c1-4-16-43(17-5-1)45-30-32-47(33-31-45)68-70-67(46-20-8-3-9-21-46)71-69(72-68)58-41-52(42-64-65(58)55-25-11-13-29-62(55)74-64)49-23-14-22-48(38-49)51-35-37-63-57(40-51)54-26-15-28-61(66(54)75-63)73-59-27-12-10-24-53(59)56-39-50(34-36-60(56)73)44-18-6-2-7-19-44/h1-42H. The number of hydrogen-bond donors (Lipinski definition) is 0. The maximum atomic E-state index is 6.85. The zero-order chi connectivity index (χ0) is 49.4. The van der Waals surface area contributed by atoms with E-state index in [1.165, 1.54) is 21.9 Å². The number of aromatic nitrogens is 4. The molecule has 0 unspecified atom stereocenters. The lowest BCUT2D eigenvalue weighted by atomic mass is 9.95. The fourth-order valence-corrected chi connectivity index (χ4v) is 11.0. The molecule has 0 saturated carbocycles. The minimum atomic E-state index is 0.565. The monoisotopic (exact) mass is 958 g/mol. The van der Waals surface area contributed by atoms with Gasteiger partial charge in [-0.25, -0.2) is 15.0 Å². The molecule has 11 aromatic carbocycles. The Labute approximate surface area is 431 Å². The summed E-state index contributed by atoms with van der Waals surface area (Å²) in [5.74, 6) is 1.75. The van der Waals surface area contributed by atoms with E-state index >= 15 is 0 Å². The summed E-state index contributed by atoms with van der Waals surface area (Å²) >= 11 is 0. The number of fused-ring (bicyclic) bond motifs is 9. The van der Waals surface area contributed by atoms with Crippen LogP contribution in [0.2, 0.25) is 0 Å². The molecule has 0 radical (unpaired) electrons. The average molecular weight is 959 g/mol. The highest BCUT2D eigenvalue weighted by Gasteiger charge is 2.22. The van der Waals surface area contributed by atoms with Crippen molar-refractivity contribution in [3.05, 3.63) is 255 Å². The summed E-state index contributed by atoms with van der Waals surface area (Å²) in [6, 6.07) is 89.3. The maximum Gasteiger partial charge on any atom is 0.164 e. The molecule has 4 heterocycles. The second kappa shape index (κ2) is 17.3. The Hall–Kier alpha value is -10.2. The van der Waals surface area contributed by atoms with Crippen molar-refractivity contribution < 1.29 is 8.83 Å². The van der Waals surface area contributed by atoms with Crippen LogP contribution in [0.5, 0.6) is 0 Å². The van der Waals surface area contributed by atoms with Crippen LogP contribution in [-0.4, -0.2) is 19.5 Å². The van der Waals surface area contributed by atoms with Crippen LogP contribution >= 0.6 is 0 Å². The van der Waals surface area contributed by atoms with Crippen LogP contribution in [0.1, 0.15) is 0 Å². The third kappa shape index (κ3) is 7.22. The number of para-hydroxylation sites is 3. The molecule has 0 amide bonds. The number of rotatable bonds is 8. The molecule has 0 aliphatic carbocycles. The van der Waals surface area contributed by atoms with E-state index in [2.05, 4.69) is 205 Å². The van der Waals surface area contributed by atoms with Gasteiger partial charge in [-0.3, -0.25) is 0 Å². The lowest BCUT2D eigenvalue weighted by Gasteiger charge is -2.12. The molecule has 0 aliphatic rings. The van der Waals surface area contributed by atoms with Crippen molar-refractivity contribution in [1.29, 1.82) is 0 Å². The zero-order valence-corrected chi connectivity index (χ0v) is 40.4. The normalized spacial score (nSPS) is 11.7. The summed E-state index contributed by atoms with van der Waals surface area (Å²) in [7, 11) is 0. The molecule has 15 aromatic rings. The third-order valence-corrected chi connectivity index (χ3v) is 14.7. The van der Waals surface area contributed by atoms with Crippen LogP contribution in [0.25, 0.3) is 150 Å². The summed E-state index contributed by atoms with van der Waals surface area (Å²) in [6.07, 6.45) is 0. The van der Waals surface area contributed by atoms with Gasteiger partial charge < -0.3 is 13.4 Å². The Morgan fingerprint density at radius 1 is 0.267 bits per heavy atom. The van der Waals surface area contributed by atoms with Gasteiger partial charge in [0.25, 0.3) is 0 Å². The summed E-state index contributed by atoms with van der Waals surface area (Å²) in [6.45, 7) is 0. The highest BCUT2D eigenvalue weighted by atomic mass is 16.3. The predicted octanol–water partition coefficient (Wildman–Crippen LogP) is 18.4. The summed E-state index contributed by atoms with van der Waals surface area (Å²) in [5, 5.41) is 6.47. The second-order valence-electron chi connectivity index (χ2n) is 19.1. The Bertz CT molecular complexity index is 4690. The fraction of sp³-hybridized carbons (Fsp3) is 0. The van der Waals surface area contributed by atoms with Crippen molar-refractivity contribution in [3.63, 3.8) is 0 Å². The van der Waals surface area contributed by atoms with Crippen molar-refractivity contribution in [3.8, 4) is 84.4 Å². The summed E-state index contributed by atoms with van der Waals surface area (Å²) in [4.78, 5) is 15.6. The smallest absolute Gasteiger partial charge is 0.164 e. The SMILES string of the molecule is c1ccc(-c2ccc(-c3nc(-c4ccccc4)nc(-c4cc(-c5cccc(-c6ccc7oc8c(-n9c%10ccccc%10c%10cc(-c%11ccccc%11)ccc%109)cccc8c7c6)c5)cc5oc6ccccc6c45)n3)cc2)cc1. The molecule has 6 nitrogen and oxygen atoms in total. The topological polar surface area (TPSA) is 69.9 Å². The number of nitrogens with zero attached hydrogens (tertiary/aromatic N) is 4. The molecule has 0 spiro atoms. The first kappa shape index (κ1) is 42.5. The highest BCUT2D eigenvalue weighted by Crippen LogP contribution is 2.43. The minimum Gasteiger partial charge on any atom is -0.456 e. The summed E-state index contributed by atoms with van der Waals surface area (Å²) in [5.41, 5.74) is 18.0. The molecule has 0 atom stereocenters. The van der Waals surface area contributed by atoms with Crippen LogP contribution < -0.4 is 0 Å². The lowest BCUT2D eigenvalue weighted by Crippen LogP contribution is -2.00. The molecule has 0 aliphatic heterocycles. The van der Waals surface area contributed by atoms with Gasteiger partial charge in [-0.1, -0.05) is 194 Å². The zero-order valence-electron chi connectivity index (χ0n) is 40.4. The van der Waals surface area contributed by atoms with Crippen molar-refractivity contribution in [2.45, 2.75) is 0 Å². The van der Waals surface area contributed by atoms with Crippen molar-refractivity contribution >= 4 is 65.7 Å². The quantitative estimate of drug-likeness (QED) is 0.152. The van der Waals surface area contributed by atoms with Crippen LogP contribution in [0.4, 0.5) is 0 Å². The Kier molecular flexibility index (Phi) is 9.78. The molecular formula is C69H42N4O2. The van der Waals surface area contributed by atoms with Gasteiger partial charge in [-0.05, 0) is 105 Å². The first-order chi connectivity index (χ1) is 37.1. The van der Waals surface area contributed by atoms with Crippen molar-refractivity contribution in [2.24, 2.45) is 0 Å². The second-order valence-corrected chi connectivity index (χ2v) is 19.1. The number of benzene rings is 11. The van der Waals surface area contributed by atoms with E-state index in [1.807, 2.05) is 54.6 Å². The van der Waals surface area contributed by atoms with Crippen LogP contribution in [0.15, 0.2) is 264 Å². The molecule has 0 fully saturated rings. The maximum absolute atomic E-state index is 6.85. The van der Waals surface area contributed by atoms with Gasteiger partial charge in [0.1, 0.15) is 16.7 Å². The molecule has 0 N–H and O–H groups in total. The Morgan fingerprint density at radius 3 is 1.53 bits per heavy atom. The third-order valence-electron chi connectivity index (χ3n) is 14.7. The van der Waals surface area contributed by atoms with Gasteiger partial charge >= 0.3 is 0 Å². The predicted molar refractivity (Wildman–Crippen MR) is 307 cm³/mol. The van der Waals surface area contributed by atoms with Crippen molar-refractivity contribution in [2.75, 3.05) is 0 Å². The van der Waals surface area contributed by atoms with E-state index in [-0.39, 0.29) is 0 Å². The average Bonchev–Trinajstić information content (AvgIpc) is 4.22. The number of hydrogen-bond acceptors (Lipinski definition) is 5. The Morgan fingerprint density at radius 2 is 0.760 bits per heavy atom. The molecule has 0 saturated heterocycles. The van der Waals surface area contributed by atoms with Crippen LogP contribution in [-0.2, 0) is 0 Å². The largest absolute Gasteiger partial charge is 0.456 e. The lowest BCUT2D eigenvalue weighted by molar-refractivity contribution is 0.666. The van der Waals surface area contributed by atoms with Gasteiger partial charge in [0.05, 0.1) is 16.7 Å². The van der Waals surface area contributed by atoms with Crippen LogP contribution in [0, 0.1) is 0 Å². The van der Waals surface area contributed by atoms with E-state index in [0.29, 0.717) is 17.5 Å². The Balaban J connectivity index is 0.849.